The van der Waals surface area contributed by atoms with Crippen LogP contribution in [-0.4, -0.2) is 35.6 Å². The molecule has 0 amide bonds. The summed E-state index contributed by atoms with van der Waals surface area (Å²) in [6.45, 7) is 9.08. The Morgan fingerprint density at radius 2 is 2.10 bits per heavy atom. The molecule has 0 atom stereocenters. The molecule has 1 N–H and O–H groups in total. The number of aromatic nitrogens is 5. The van der Waals surface area contributed by atoms with Crippen molar-refractivity contribution in [3.63, 3.8) is 0 Å². The zero-order chi connectivity index (χ0) is 14.9. The number of aromatic carboxylic acids is 1. The Hall–Kier alpha value is -2.18. The van der Waals surface area contributed by atoms with E-state index in [9.17, 15) is 9.90 Å². The van der Waals surface area contributed by atoms with Crippen LogP contribution in [0.4, 0.5) is 0 Å². The van der Waals surface area contributed by atoms with E-state index in [1.807, 2.05) is 38.5 Å². The van der Waals surface area contributed by atoms with Gasteiger partial charge in [0.15, 0.2) is 5.69 Å². The average Bonchev–Trinajstić information content (AvgIpc) is 2.94. The maximum absolute atomic E-state index is 11.3. The molecule has 2 aromatic heterocycles. The SMILES string of the molecule is CCn1ccnc1Cn1nnc(C(=O)O)c1C(C)(C)C. The molecule has 2 heterocycles. The maximum Gasteiger partial charge on any atom is 0.358 e. The number of carbonyl (C=O) groups is 1. The van der Waals surface area contributed by atoms with E-state index in [0.717, 1.165) is 12.4 Å². The number of carboxylic acid groups (broad SMARTS) is 1. The number of hydrogen-bond donors (Lipinski definition) is 1. The fraction of sp³-hybridized carbons (Fsp3) is 0.538. The van der Waals surface area contributed by atoms with E-state index in [0.29, 0.717) is 12.2 Å². The van der Waals surface area contributed by atoms with Crippen LogP contribution < -0.4 is 0 Å². The maximum atomic E-state index is 11.3. The van der Waals surface area contributed by atoms with E-state index in [1.54, 1.807) is 10.9 Å². The Labute approximate surface area is 117 Å². The molecule has 0 spiro atoms. The highest BCUT2D eigenvalue weighted by Crippen LogP contribution is 2.25. The normalized spacial score (nSPS) is 11.8. The average molecular weight is 277 g/mol. The van der Waals surface area contributed by atoms with Crippen LogP contribution in [0.5, 0.6) is 0 Å². The second kappa shape index (κ2) is 5.07. The van der Waals surface area contributed by atoms with Crippen LogP contribution in [0.15, 0.2) is 12.4 Å². The molecule has 2 aromatic rings. The van der Waals surface area contributed by atoms with E-state index in [1.165, 1.54) is 0 Å². The predicted molar refractivity (Wildman–Crippen MR) is 72.7 cm³/mol. The molecule has 0 aromatic carbocycles. The summed E-state index contributed by atoms with van der Waals surface area (Å²) in [5.41, 5.74) is 0.253. The van der Waals surface area contributed by atoms with Crippen molar-refractivity contribution in [3.05, 3.63) is 29.6 Å². The van der Waals surface area contributed by atoms with E-state index < -0.39 is 5.97 Å². The fourth-order valence-corrected chi connectivity index (χ4v) is 2.22. The lowest BCUT2D eigenvalue weighted by molar-refractivity contribution is 0.0687. The van der Waals surface area contributed by atoms with Gasteiger partial charge >= 0.3 is 5.97 Å². The van der Waals surface area contributed by atoms with E-state index in [-0.39, 0.29) is 11.1 Å². The molecule has 0 aliphatic carbocycles. The highest BCUT2D eigenvalue weighted by Gasteiger charge is 2.29. The number of aryl methyl sites for hydroxylation is 1. The van der Waals surface area contributed by atoms with Gasteiger partial charge in [-0.25, -0.2) is 14.5 Å². The molecular weight excluding hydrogens is 258 g/mol. The van der Waals surface area contributed by atoms with Crippen LogP contribution in [0, 0.1) is 0 Å². The molecule has 0 bridgehead atoms. The lowest BCUT2D eigenvalue weighted by Gasteiger charge is -2.20. The third kappa shape index (κ3) is 2.56. The topological polar surface area (TPSA) is 85.8 Å². The number of imidazole rings is 1. The van der Waals surface area contributed by atoms with Crippen LogP contribution in [0.25, 0.3) is 0 Å². The molecule has 20 heavy (non-hydrogen) atoms. The van der Waals surface area contributed by atoms with Gasteiger partial charge < -0.3 is 9.67 Å². The zero-order valence-corrected chi connectivity index (χ0v) is 12.2. The predicted octanol–water partition coefficient (Wildman–Crippen LogP) is 1.54. The first-order valence-corrected chi connectivity index (χ1v) is 6.52. The quantitative estimate of drug-likeness (QED) is 0.916. The van der Waals surface area contributed by atoms with Gasteiger partial charge in [-0.2, -0.15) is 0 Å². The Kier molecular flexibility index (Phi) is 3.61. The van der Waals surface area contributed by atoms with Crippen molar-refractivity contribution >= 4 is 5.97 Å². The molecule has 0 aliphatic heterocycles. The van der Waals surface area contributed by atoms with Gasteiger partial charge in [0.1, 0.15) is 12.4 Å². The van der Waals surface area contributed by atoms with Gasteiger partial charge in [-0.1, -0.05) is 26.0 Å². The summed E-state index contributed by atoms with van der Waals surface area (Å²) in [5, 5.41) is 17.0. The number of carboxylic acids is 1. The summed E-state index contributed by atoms with van der Waals surface area (Å²) in [6.07, 6.45) is 3.62. The molecule has 7 heteroatoms. The van der Waals surface area contributed by atoms with Crippen molar-refractivity contribution in [1.29, 1.82) is 0 Å². The molecule has 108 valence electrons. The summed E-state index contributed by atoms with van der Waals surface area (Å²) in [6, 6.07) is 0. The van der Waals surface area contributed by atoms with E-state index in [2.05, 4.69) is 15.3 Å². The first-order chi connectivity index (χ1) is 9.34. The lowest BCUT2D eigenvalue weighted by atomic mass is 9.90. The minimum absolute atomic E-state index is 0.00658. The third-order valence-electron chi connectivity index (χ3n) is 3.08. The van der Waals surface area contributed by atoms with Crippen molar-refractivity contribution in [2.45, 2.75) is 46.2 Å². The molecule has 0 saturated carbocycles. The van der Waals surface area contributed by atoms with Gasteiger partial charge in [0.05, 0.1) is 5.69 Å². The third-order valence-corrected chi connectivity index (χ3v) is 3.08. The van der Waals surface area contributed by atoms with Gasteiger partial charge in [0.25, 0.3) is 0 Å². The first-order valence-electron chi connectivity index (χ1n) is 6.52. The second-order valence-electron chi connectivity index (χ2n) is 5.63. The van der Waals surface area contributed by atoms with Crippen molar-refractivity contribution in [3.8, 4) is 0 Å². The molecule has 7 nitrogen and oxygen atoms in total. The largest absolute Gasteiger partial charge is 0.476 e. The minimum atomic E-state index is -1.06. The molecule has 2 rings (SSSR count). The van der Waals surface area contributed by atoms with Gasteiger partial charge in [0.2, 0.25) is 0 Å². The van der Waals surface area contributed by atoms with E-state index in [4.69, 9.17) is 0 Å². The standard InChI is InChI=1S/C13H19N5O2/c1-5-17-7-6-14-9(17)8-18-11(13(2,3)4)10(12(19)20)15-16-18/h6-7H,5,8H2,1-4H3,(H,19,20). The van der Waals surface area contributed by atoms with Gasteiger partial charge in [-0.05, 0) is 6.92 Å². The summed E-state index contributed by atoms with van der Waals surface area (Å²) in [5.74, 6) is -0.222. The lowest BCUT2D eigenvalue weighted by Crippen LogP contribution is -2.23. The Balaban J connectivity index is 2.45. The molecular formula is C13H19N5O2. The van der Waals surface area contributed by atoms with Crippen LogP contribution in [-0.2, 0) is 18.5 Å². The van der Waals surface area contributed by atoms with Crippen LogP contribution in [0.1, 0.15) is 49.7 Å². The Morgan fingerprint density at radius 3 is 2.65 bits per heavy atom. The van der Waals surface area contributed by atoms with Crippen molar-refractivity contribution in [2.24, 2.45) is 0 Å². The van der Waals surface area contributed by atoms with Crippen molar-refractivity contribution in [1.82, 2.24) is 24.5 Å². The van der Waals surface area contributed by atoms with Crippen molar-refractivity contribution in [2.75, 3.05) is 0 Å². The van der Waals surface area contributed by atoms with Crippen LogP contribution >= 0.6 is 0 Å². The van der Waals surface area contributed by atoms with Crippen LogP contribution in [0.3, 0.4) is 0 Å². The van der Waals surface area contributed by atoms with Gasteiger partial charge in [-0.3, -0.25) is 0 Å². The minimum Gasteiger partial charge on any atom is -0.476 e. The first kappa shape index (κ1) is 14.2. The number of rotatable bonds is 4. The molecule has 0 unspecified atom stereocenters. The summed E-state index contributed by atoms with van der Waals surface area (Å²) in [7, 11) is 0. The molecule has 0 radical (unpaired) electrons. The molecule has 0 fully saturated rings. The molecule has 0 aliphatic rings. The smallest absolute Gasteiger partial charge is 0.358 e. The summed E-state index contributed by atoms with van der Waals surface area (Å²) >= 11 is 0. The van der Waals surface area contributed by atoms with Crippen LogP contribution in [0.2, 0.25) is 0 Å². The summed E-state index contributed by atoms with van der Waals surface area (Å²) in [4.78, 5) is 15.6. The van der Waals surface area contributed by atoms with Gasteiger partial charge in [-0.15, -0.1) is 5.10 Å². The highest BCUT2D eigenvalue weighted by molar-refractivity contribution is 5.86. The molecule has 0 saturated heterocycles. The number of hydrogen-bond acceptors (Lipinski definition) is 4. The Bertz CT molecular complexity index is 621. The fourth-order valence-electron chi connectivity index (χ4n) is 2.22. The monoisotopic (exact) mass is 277 g/mol. The second-order valence-corrected chi connectivity index (χ2v) is 5.63. The van der Waals surface area contributed by atoms with E-state index >= 15 is 0 Å². The highest BCUT2D eigenvalue weighted by atomic mass is 16.4. The van der Waals surface area contributed by atoms with Crippen molar-refractivity contribution < 1.29 is 9.90 Å². The number of nitrogens with zero attached hydrogens (tertiary/aromatic N) is 5. The summed E-state index contributed by atoms with van der Waals surface area (Å²) < 4.78 is 3.62. The van der Waals surface area contributed by atoms with Gasteiger partial charge in [0, 0.05) is 24.4 Å². The Morgan fingerprint density at radius 1 is 1.40 bits per heavy atom. The zero-order valence-electron chi connectivity index (χ0n) is 12.2.